The summed E-state index contributed by atoms with van der Waals surface area (Å²) in [6.07, 6.45) is 7.70. The lowest BCUT2D eigenvalue weighted by Crippen LogP contribution is -2.46. The quantitative estimate of drug-likeness (QED) is 0.745. The Labute approximate surface area is 118 Å². The van der Waals surface area contributed by atoms with Crippen LogP contribution in [0.15, 0.2) is 0 Å². The number of rotatable bonds is 7. The third-order valence-electron chi connectivity index (χ3n) is 4.65. The summed E-state index contributed by atoms with van der Waals surface area (Å²) >= 11 is 0. The summed E-state index contributed by atoms with van der Waals surface area (Å²) in [5, 5.41) is 6.43. The van der Waals surface area contributed by atoms with E-state index in [4.69, 9.17) is 0 Å². The van der Waals surface area contributed by atoms with Gasteiger partial charge in [0, 0.05) is 6.04 Å². The minimum absolute atomic E-state index is 0.0714. The second kappa shape index (κ2) is 8.57. The Bertz CT molecular complexity index is 259. The Kier molecular flexibility index (Phi) is 7.44. The topological polar surface area (TPSA) is 41.1 Å². The predicted octanol–water partition coefficient (Wildman–Crippen LogP) is 3.10. The van der Waals surface area contributed by atoms with E-state index >= 15 is 0 Å². The Morgan fingerprint density at radius 1 is 1.11 bits per heavy atom. The smallest absolute Gasteiger partial charge is 0.237 e. The molecule has 1 saturated carbocycles. The SMILES string of the molecule is CCC1CCC(CNC(C)C(=O)NC(C)CC)CC1. The van der Waals surface area contributed by atoms with E-state index in [9.17, 15) is 4.79 Å². The van der Waals surface area contributed by atoms with Gasteiger partial charge in [0.1, 0.15) is 0 Å². The first-order chi connectivity index (χ1) is 9.06. The summed E-state index contributed by atoms with van der Waals surface area (Å²) in [7, 11) is 0. The average Bonchev–Trinajstić information content (AvgIpc) is 2.44. The Morgan fingerprint density at radius 3 is 2.21 bits per heavy atom. The van der Waals surface area contributed by atoms with E-state index in [1.165, 1.54) is 32.1 Å². The number of carbonyl (C=O) groups excluding carboxylic acids is 1. The Balaban J connectivity index is 2.19. The molecular weight excluding hydrogens is 236 g/mol. The minimum atomic E-state index is -0.0714. The molecule has 1 amide bonds. The zero-order valence-electron chi connectivity index (χ0n) is 13.2. The molecule has 1 rings (SSSR count). The number of hydrogen-bond donors (Lipinski definition) is 2. The van der Waals surface area contributed by atoms with Crippen LogP contribution < -0.4 is 10.6 Å². The van der Waals surface area contributed by atoms with Crippen molar-refractivity contribution in [2.45, 2.75) is 78.3 Å². The molecular formula is C16H32N2O. The molecule has 2 unspecified atom stereocenters. The highest BCUT2D eigenvalue weighted by atomic mass is 16.2. The van der Waals surface area contributed by atoms with E-state index in [0.717, 1.165) is 24.8 Å². The van der Waals surface area contributed by atoms with Crippen LogP contribution in [-0.2, 0) is 4.79 Å². The highest BCUT2D eigenvalue weighted by molar-refractivity contribution is 5.81. The number of amides is 1. The molecule has 1 fully saturated rings. The summed E-state index contributed by atoms with van der Waals surface area (Å²) in [4.78, 5) is 11.9. The Morgan fingerprint density at radius 2 is 1.68 bits per heavy atom. The van der Waals surface area contributed by atoms with Gasteiger partial charge in [-0.05, 0) is 51.5 Å². The van der Waals surface area contributed by atoms with Gasteiger partial charge < -0.3 is 10.6 Å². The molecule has 0 spiro atoms. The zero-order valence-corrected chi connectivity index (χ0v) is 13.2. The maximum Gasteiger partial charge on any atom is 0.237 e. The molecule has 1 aliphatic carbocycles. The van der Waals surface area contributed by atoms with Gasteiger partial charge >= 0.3 is 0 Å². The molecule has 0 heterocycles. The van der Waals surface area contributed by atoms with Crippen molar-refractivity contribution in [1.29, 1.82) is 0 Å². The lowest BCUT2D eigenvalue weighted by molar-refractivity contribution is -0.123. The number of carbonyl (C=O) groups is 1. The van der Waals surface area contributed by atoms with Crippen LogP contribution >= 0.6 is 0 Å². The second-order valence-corrected chi connectivity index (χ2v) is 6.24. The van der Waals surface area contributed by atoms with Crippen molar-refractivity contribution in [3.63, 3.8) is 0 Å². The number of hydrogen-bond acceptors (Lipinski definition) is 2. The van der Waals surface area contributed by atoms with Crippen LogP contribution in [0.1, 0.15) is 66.2 Å². The van der Waals surface area contributed by atoms with E-state index in [0.29, 0.717) is 0 Å². The third kappa shape index (κ3) is 5.94. The van der Waals surface area contributed by atoms with Gasteiger partial charge in [0.05, 0.1) is 6.04 Å². The van der Waals surface area contributed by atoms with Crippen molar-refractivity contribution < 1.29 is 4.79 Å². The molecule has 2 N–H and O–H groups in total. The maximum absolute atomic E-state index is 11.9. The normalized spacial score (nSPS) is 26.7. The molecule has 1 aliphatic rings. The predicted molar refractivity (Wildman–Crippen MR) is 81.1 cm³/mol. The molecule has 0 bridgehead atoms. The lowest BCUT2D eigenvalue weighted by Gasteiger charge is -2.29. The van der Waals surface area contributed by atoms with Gasteiger partial charge in [0.15, 0.2) is 0 Å². The van der Waals surface area contributed by atoms with Gasteiger partial charge in [-0.25, -0.2) is 0 Å². The molecule has 0 aromatic carbocycles. The van der Waals surface area contributed by atoms with Gasteiger partial charge in [-0.2, -0.15) is 0 Å². The number of nitrogens with one attached hydrogen (secondary N) is 2. The second-order valence-electron chi connectivity index (χ2n) is 6.24. The van der Waals surface area contributed by atoms with Gasteiger partial charge in [-0.15, -0.1) is 0 Å². The van der Waals surface area contributed by atoms with Gasteiger partial charge in [0.2, 0.25) is 5.91 Å². The fourth-order valence-electron chi connectivity index (χ4n) is 2.75. The molecule has 3 nitrogen and oxygen atoms in total. The molecule has 0 aliphatic heterocycles. The van der Waals surface area contributed by atoms with Crippen molar-refractivity contribution in [1.82, 2.24) is 10.6 Å². The van der Waals surface area contributed by atoms with Crippen LogP contribution in [0.5, 0.6) is 0 Å². The van der Waals surface area contributed by atoms with Crippen LogP contribution in [0, 0.1) is 11.8 Å². The Hall–Kier alpha value is -0.570. The first-order valence-electron chi connectivity index (χ1n) is 8.10. The molecule has 2 atom stereocenters. The summed E-state index contributed by atoms with van der Waals surface area (Å²) in [5.41, 5.74) is 0. The van der Waals surface area contributed by atoms with Crippen molar-refractivity contribution in [3.05, 3.63) is 0 Å². The highest BCUT2D eigenvalue weighted by Crippen LogP contribution is 2.30. The highest BCUT2D eigenvalue weighted by Gasteiger charge is 2.21. The van der Waals surface area contributed by atoms with Gasteiger partial charge in [-0.3, -0.25) is 4.79 Å². The first-order valence-corrected chi connectivity index (χ1v) is 8.10. The van der Waals surface area contributed by atoms with Crippen molar-refractivity contribution in [2.24, 2.45) is 11.8 Å². The van der Waals surface area contributed by atoms with E-state index in [2.05, 4.69) is 31.4 Å². The standard InChI is InChI=1S/C16H32N2O/c1-5-12(3)18-16(19)13(4)17-11-15-9-7-14(6-2)8-10-15/h12-15,17H,5-11H2,1-4H3,(H,18,19). The summed E-state index contributed by atoms with van der Waals surface area (Å²) < 4.78 is 0. The summed E-state index contributed by atoms with van der Waals surface area (Å²) in [5.74, 6) is 1.85. The maximum atomic E-state index is 11.9. The largest absolute Gasteiger partial charge is 0.352 e. The van der Waals surface area contributed by atoms with E-state index in [1.54, 1.807) is 0 Å². The molecule has 0 aromatic heterocycles. The first kappa shape index (κ1) is 16.5. The lowest BCUT2D eigenvalue weighted by atomic mass is 9.81. The molecule has 0 radical (unpaired) electrons. The molecule has 112 valence electrons. The van der Waals surface area contributed by atoms with Crippen molar-refractivity contribution >= 4 is 5.91 Å². The molecule has 0 aromatic rings. The van der Waals surface area contributed by atoms with Crippen LogP contribution in [0.4, 0.5) is 0 Å². The average molecular weight is 268 g/mol. The summed E-state index contributed by atoms with van der Waals surface area (Å²) in [6.45, 7) is 9.40. The van der Waals surface area contributed by atoms with Gasteiger partial charge in [0.25, 0.3) is 0 Å². The fourth-order valence-corrected chi connectivity index (χ4v) is 2.75. The van der Waals surface area contributed by atoms with Crippen molar-refractivity contribution in [3.8, 4) is 0 Å². The van der Waals surface area contributed by atoms with Crippen LogP contribution in [0.25, 0.3) is 0 Å². The van der Waals surface area contributed by atoms with Crippen molar-refractivity contribution in [2.75, 3.05) is 6.54 Å². The van der Waals surface area contributed by atoms with Crippen LogP contribution in [-0.4, -0.2) is 24.5 Å². The third-order valence-corrected chi connectivity index (χ3v) is 4.65. The van der Waals surface area contributed by atoms with Gasteiger partial charge in [-0.1, -0.05) is 33.1 Å². The minimum Gasteiger partial charge on any atom is -0.352 e. The van der Waals surface area contributed by atoms with E-state index in [-0.39, 0.29) is 18.0 Å². The van der Waals surface area contributed by atoms with E-state index in [1.807, 2.05) is 6.92 Å². The zero-order chi connectivity index (χ0) is 14.3. The van der Waals surface area contributed by atoms with E-state index < -0.39 is 0 Å². The fraction of sp³-hybridized carbons (Fsp3) is 0.938. The van der Waals surface area contributed by atoms with Crippen LogP contribution in [0.3, 0.4) is 0 Å². The molecule has 19 heavy (non-hydrogen) atoms. The monoisotopic (exact) mass is 268 g/mol. The summed E-state index contributed by atoms with van der Waals surface area (Å²) in [6, 6.07) is 0.203. The van der Waals surface area contributed by atoms with Crippen LogP contribution in [0.2, 0.25) is 0 Å². The molecule has 0 saturated heterocycles. The molecule has 3 heteroatoms.